The van der Waals surface area contributed by atoms with Gasteiger partial charge in [-0.05, 0) is 49.4 Å². The van der Waals surface area contributed by atoms with Gasteiger partial charge in [-0.1, -0.05) is 62.2 Å². The van der Waals surface area contributed by atoms with Gasteiger partial charge in [-0.2, -0.15) is 0 Å². The highest BCUT2D eigenvalue weighted by Crippen LogP contribution is 2.34. The summed E-state index contributed by atoms with van der Waals surface area (Å²) >= 11 is 7.07. The number of carbonyl (C=O) groups excluding carboxylic acids is 2. The Morgan fingerprint density at radius 3 is 2.60 bits per heavy atom. The third kappa shape index (κ3) is 7.67. The van der Waals surface area contributed by atoms with Crippen LogP contribution in [0.3, 0.4) is 0 Å². The highest BCUT2D eigenvalue weighted by molar-refractivity contribution is 9.12. The van der Waals surface area contributed by atoms with Crippen molar-refractivity contribution in [2.24, 2.45) is 0 Å². The fourth-order valence-corrected chi connectivity index (χ4v) is 4.19. The van der Waals surface area contributed by atoms with Crippen molar-refractivity contribution in [1.29, 1.82) is 0 Å². The molecule has 0 saturated carbocycles. The third-order valence-corrected chi connectivity index (χ3v) is 7.66. The van der Waals surface area contributed by atoms with Crippen LogP contribution < -0.4 is 15.7 Å². The van der Waals surface area contributed by atoms with Crippen molar-refractivity contribution in [2.75, 3.05) is 11.9 Å². The molecule has 1 aromatic heterocycles. The summed E-state index contributed by atoms with van der Waals surface area (Å²) in [6.07, 6.45) is 0.554. The number of ether oxygens (including phenoxy) is 2. The molecule has 186 valence electrons. The van der Waals surface area contributed by atoms with Crippen LogP contribution in [0.4, 0.5) is 4.79 Å². The molecule has 7 nitrogen and oxygen atoms in total. The second kappa shape index (κ2) is 12.9. The van der Waals surface area contributed by atoms with E-state index in [1.54, 1.807) is 6.92 Å². The van der Waals surface area contributed by atoms with E-state index in [1.165, 1.54) is 6.07 Å². The summed E-state index contributed by atoms with van der Waals surface area (Å²) in [5.74, 6) is -0.0370. The molecule has 3 aromatic rings. The standard InChI is InChI=1S/C26H27Br2NO6/c1-16-11-23(31)35-25-17(2)24(19(13-21(16)25)12-20(28)14-27)34-22(30)9-6-10-29-26(32)33-15-18-7-4-3-5-8-18/h3-5,7-8,11,13,20H,6,9-10,12,14-15H2,1-2H3,(H,29,32). The Balaban J connectivity index is 1.61. The molecule has 0 fully saturated rings. The topological polar surface area (TPSA) is 94.8 Å². The second-order valence-corrected chi connectivity index (χ2v) is 10.1. The number of esters is 1. The van der Waals surface area contributed by atoms with Crippen molar-refractivity contribution >= 4 is 54.9 Å². The fourth-order valence-electron chi connectivity index (χ4n) is 3.61. The minimum atomic E-state index is -0.543. The molecule has 3 rings (SSSR count). The smallest absolute Gasteiger partial charge is 0.407 e. The zero-order valence-corrected chi connectivity index (χ0v) is 22.7. The van der Waals surface area contributed by atoms with Gasteiger partial charge in [0.15, 0.2) is 0 Å². The number of benzene rings is 2. The highest BCUT2D eigenvalue weighted by atomic mass is 79.9. The Hall–Kier alpha value is -2.65. The van der Waals surface area contributed by atoms with Crippen molar-refractivity contribution in [3.8, 4) is 5.75 Å². The van der Waals surface area contributed by atoms with Gasteiger partial charge in [-0.3, -0.25) is 4.79 Å². The normalized spacial score (nSPS) is 11.8. The van der Waals surface area contributed by atoms with Gasteiger partial charge in [0.25, 0.3) is 0 Å². The van der Waals surface area contributed by atoms with Crippen LogP contribution in [0.2, 0.25) is 0 Å². The average molecular weight is 609 g/mol. The molecule has 1 unspecified atom stereocenters. The van der Waals surface area contributed by atoms with Gasteiger partial charge in [-0.25, -0.2) is 9.59 Å². The van der Waals surface area contributed by atoms with Crippen LogP contribution in [0, 0.1) is 13.8 Å². The first-order valence-electron chi connectivity index (χ1n) is 11.2. The lowest BCUT2D eigenvalue weighted by molar-refractivity contribution is -0.134. The van der Waals surface area contributed by atoms with Crippen LogP contribution in [-0.4, -0.2) is 28.8 Å². The van der Waals surface area contributed by atoms with Crippen LogP contribution in [0.25, 0.3) is 11.0 Å². The maximum atomic E-state index is 12.6. The van der Waals surface area contributed by atoms with E-state index in [9.17, 15) is 14.4 Å². The molecule has 0 radical (unpaired) electrons. The predicted molar refractivity (Wildman–Crippen MR) is 142 cm³/mol. The maximum Gasteiger partial charge on any atom is 0.407 e. The molecule has 35 heavy (non-hydrogen) atoms. The lowest BCUT2D eigenvalue weighted by Crippen LogP contribution is -2.26. The number of rotatable bonds is 10. The molecule has 0 spiro atoms. The average Bonchev–Trinajstić information content (AvgIpc) is 2.84. The van der Waals surface area contributed by atoms with E-state index >= 15 is 0 Å². The first kappa shape index (κ1) is 26.9. The monoisotopic (exact) mass is 607 g/mol. The van der Waals surface area contributed by atoms with Crippen LogP contribution in [0.5, 0.6) is 5.75 Å². The summed E-state index contributed by atoms with van der Waals surface area (Å²) in [7, 11) is 0. The number of alkyl carbamates (subject to hydrolysis) is 1. The molecule has 0 aliphatic rings. The first-order chi connectivity index (χ1) is 16.8. The maximum absolute atomic E-state index is 12.6. The van der Waals surface area contributed by atoms with Gasteiger partial charge < -0.3 is 19.2 Å². The predicted octanol–water partition coefficient (Wildman–Crippen LogP) is 5.72. The second-order valence-electron chi connectivity index (χ2n) is 8.14. The molecule has 2 aromatic carbocycles. The number of amides is 1. The lowest BCUT2D eigenvalue weighted by atomic mass is 9.99. The molecule has 1 heterocycles. The van der Waals surface area contributed by atoms with Crippen LogP contribution in [0.1, 0.15) is 35.1 Å². The van der Waals surface area contributed by atoms with Crippen molar-refractivity contribution in [1.82, 2.24) is 5.32 Å². The minimum Gasteiger partial charge on any atom is -0.445 e. The van der Waals surface area contributed by atoms with Gasteiger partial charge in [0.05, 0.1) is 0 Å². The van der Waals surface area contributed by atoms with E-state index in [1.807, 2.05) is 43.3 Å². The Bertz CT molecular complexity index is 1240. The summed E-state index contributed by atoms with van der Waals surface area (Å²) in [6, 6.07) is 12.7. The molecule has 9 heteroatoms. The summed E-state index contributed by atoms with van der Waals surface area (Å²) in [4.78, 5) is 36.5. The Morgan fingerprint density at radius 1 is 1.14 bits per heavy atom. The van der Waals surface area contributed by atoms with E-state index < -0.39 is 17.7 Å². The van der Waals surface area contributed by atoms with E-state index in [0.717, 1.165) is 22.1 Å². The summed E-state index contributed by atoms with van der Waals surface area (Å²) in [5, 5.41) is 4.16. The number of alkyl halides is 2. The van der Waals surface area contributed by atoms with E-state index in [4.69, 9.17) is 13.9 Å². The van der Waals surface area contributed by atoms with Gasteiger partial charge in [0.1, 0.15) is 17.9 Å². The van der Waals surface area contributed by atoms with Crippen LogP contribution in [-0.2, 0) is 22.6 Å². The quantitative estimate of drug-likeness (QED) is 0.104. The van der Waals surface area contributed by atoms with Crippen molar-refractivity contribution in [3.05, 3.63) is 75.1 Å². The van der Waals surface area contributed by atoms with Gasteiger partial charge in [-0.15, -0.1) is 0 Å². The van der Waals surface area contributed by atoms with E-state index in [2.05, 4.69) is 37.2 Å². The van der Waals surface area contributed by atoms with Crippen molar-refractivity contribution in [2.45, 2.75) is 44.5 Å². The lowest BCUT2D eigenvalue weighted by Gasteiger charge is -2.17. The molecule has 0 aliphatic carbocycles. The fraction of sp³-hybridized carbons (Fsp3) is 0.346. The van der Waals surface area contributed by atoms with Crippen molar-refractivity contribution < 1.29 is 23.5 Å². The molecular weight excluding hydrogens is 582 g/mol. The molecule has 0 aliphatic heterocycles. The molecule has 1 atom stereocenters. The largest absolute Gasteiger partial charge is 0.445 e. The first-order valence-corrected chi connectivity index (χ1v) is 13.2. The molecule has 0 bridgehead atoms. The summed E-state index contributed by atoms with van der Waals surface area (Å²) in [5.41, 5.74) is 3.09. The number of hydrogen-bond acceptors (Lipinski definition) is 6. The van der Waals surface area contributed by atoms with Crippen LogP contribution >= 0.6 is 31.9 Å². The molecule has 1 N–H and O–H groups in total. The number of carbonyl (C=O) groups is 2. The van der Waals surface area contributed by atoms with E-state index in [0.29, 0.717) is 35.1 Å². The highest BCUT2D eigenvalue weighted by Gasteiger charge is 2.20. The summed E-state index contributed by atoms with van der Waals surface area (Å²) < 4.78 is 16.3. The van der Waals surface area contributed by atoms with E-state index in [-0.39, 0.29) is 24.4 Å². The van der Waals surface area contributed by atoms with Gasteiger partial charge in [0, 0.05) is 40.1 Å². The number of aryl methyl sites for hydroxylation is 2. The Labute approximate surface area is 220 Å². The Morgan fingerprint density at radius 2 is 1.89 bits per heavy atom. The van der Waals surface area contributed by atoms with Gasteiger partial charge in [0.2, 0.25) is 0 Å². The zero-order chi connectivity index (χ0) is 25.4. The number of hydrogen-bond donors (Lipinski definition) is 1. The van der Waals surface area contributed by atoms with Crippen molar-refractivity contribution in [3.63, 3.8) is 0 Å². The minimum absolute atomic E-state index is 0.101. The third-order valence-electron chi connectivity index (χ3n) is 5.36. The molecular formula is C26H27Br2NO6. The van der Waals surface area contributed by atoms with Crippen LogP contribution in [0.15, 0.2) is 51.7 Å². The Kier molecular flexibility index (Phi) is 9.92. The number of nitrogens with one attached hydrogen (secondary N) is 1. The number of halogens is 2. The zero-order valence-electron chi connectivity index (χ0n) is 19.6. The SMILES string of the molecule is Cc1cc(=O)oc2c(C)c(OC(=O)CCCNC(=O)OCc3ccccc3)c(CC(Br)CBr)cc12. The molecule has 0 saturated heterocycles. The number of fused-ring (bicyclic) bond motifs is 1. The summed E-state index contributed by atoms with van der Waals surface area (Å²) in [6.45, 7) is 4.07. The molecule has 1 amide bonds. The van der Waals surface area contributed by atoms with Gasteiger partial charge >= 0.3 is 17.7 Å².